The van der Waals surface area contributed by atoms with Gasteiger partial charge in [-0.25, -0.2) is 13.4 Å². The predicted octanol–water partition coefficient (Wildman–Crippen LogP) is 2.47. The molecule has 9 heteroatoms. The van der Waals surface area contributed by atoms with Gasteiger partial charge in [0.1, 0.15) is 0 Å². The summed E-state index contributed by atoms with van der Waals surface area (Å²) in [6, 6.07) is 11.0. The Morgan fingerprint density at radius 1 is 1.15 bits per heavy atom. The Labute approximate surface area is 160 Å². The Morgan fingerprint density at radius 3 is 2.41 bits per heavy atom. The van der Waals surface area contributed by atoms with E-state index < -0.39 is 21.7 Å². The van der Waals surface area contributed by atoms with Gasteiger partial charge >= 0.3 is 0 Å². The maximum absolute atomic E-state index is 13.0. The smallest absolute Gasteiger partial charge is 0.260 e. The number of thiazole rings is 1. The Hall–Kier alpha value is -2.78. The maximum atomic E-state index is 13.0. The number of hydrogen-bond acceptors (Lipinski definition) is 6. The van der Waals surface area contributed by atoms with Crippen molar-refractivity contribution in [2.75, 3.05) is 17.7 Å². The van der Waals surface area contributed by atoms with Crippen molar-refractivity contribution in [3.63, 3.8) is 0 Å². The molecule has 0 spiro atoms. The maximum Gasteiger partial charge on any atom is 0.260 e. The molecule has 0 saturated carbocycles. The number of hydrogen-bond donors (Lipinski definition) is 1. The van der Waals surface area contributed by atoms with Crippen LogP contribution in [0.15, 0.2) is 47.4 Å². The lowest BCUT2D eigenvalue weighted by Crippen LogP contribution is -2.32. The number of carbonyl (C=O) groups is 2. The molecule has 27 heavy (non-hydrogen) atoms. The van der Waals surface area contributed by atoms with Crippen LogP contribution in [-0.2, 0) is 9.84 Å². The van der Waals surface area contributed by atoms with Gasteiger partial charge in [0.2, 0.25) is 5.91 Å². The van der Waals surface area contributed by atoms with Crippen molar-refractivity contribution in [3.05, 3.63) is 53.6 Å². The zero-order valence-electron chi connectivity index (χ0n) is 14.7. The molecule has 0 unspecified atom stereocenters. The first-order valence-electron chi connectivity index (χ1n) is 8.03. The first-order chi connectivity index (χ1) is 12.7. The zero-order valence-corrected chi connectivity index (χ0v) is 16.3. The van der Waals surface area contributed by atoms with Crippen LogP contribution >= 0.6 is 11.3 Å². The summed E-state index contributed by atoms with van der Waals surface area (Å²) in [4.78, 5) is 30.7. The van der Waals surface area contributed by atoms with Crippen LogP contribution in [0.2, 0.25) is 0 Å². The molecule has 1 aromatic heterocycles. The number of sulfone groups is 1. The van der Waals surface area contributed by atoms with Gasteiger partial charge in [0.05, 0.1) is 26.2 Å². The van der Waals surface area contributed by atoms with E-state index in [1.165, 1.54) is 28.4 Å². The number of fused-ring (bicyclic) bond motifs is 1. The van der Waals surface area contributed by atoms with Gasteiger partial charge < -0.3 is 5.73 Å². The molecule has 2 N–H and O–H groups in total. The van der Waals surface area contributed by atoms with Crippen LogP contribution in [-0.4, -0.2) is 38.0 Å². The van der Waals surface area contributed by atoms with Gasteiger partial charge in [-0.05, 0) is 37.3 Å². The van der Waals surface area contributed by atoms with Crippen LogP contribution in [0.5, 0.6) is 0 Å². The molecule has 7 nitrogen and oxygen atoms in total. The van der Waals surface area contributed by atoms with Crippen molar-refractivity contribution in [3.8, 4) is 0 Å². The van der Waals surface area contributed by atoms with Crippen molar-refractivity contribution in [2.45, 2.75) is 11.8 Å². The minimum absolute atomic E-state index is 0.140. The molecule has 0 bridgehead atoms. The van der Waals surface area contributed by atoms with Crippen LogP contribution in [0.3, 0.4) is 0 Å². The SMILES string of the molecule is CCN(C(=O)c1ccccc1C(N)=O)c1nc2ccc(S(C)(=O)=O)cc2s1. The average molecular weight is 403 g/mol. The van der Waals surface area contributed by atoms with Crippen molar-refractivity contribution in [2.24, 2.45) is 5.73 Å². The number of aromatic nitrogens is 1. The van der Waals surface area contributed by atoms with Gasteiger partial charge in [-0.1, -0.05) is 23.5 Å². The largest absolute Gasteiger partial charge is 0.366 e. The van der Waals surface area contributed by atoms with Gasteiger partial charge in [-0.2, -0.15) is 0 Å². The van der Waals surface area contributed by atoms with Gasteiger partial charge in [-0.3, -0.25) is 14.5 Å². The summed E-state index contributed by atoms with van der Waals surface area (Å²) >= 11 is 1.21. The van der Waals surface area contributed by atoms with Crippen LogP contribution in [0.4, 0.5) is 5.13 Å². The number of rotatable bonds is 5. The molecule has 0 saturated heterocycles. The Morgan fingerprint density at radius 2 is 1.81 bits per heavy atom. The predicted molar refractivity (Wildman–Crippen MR) is 105 cm³/mol. The van der Waals surface area contributed by atoms with Crippen molar-refractivity contribution >= 4 is 48.3 Å². The Bertz CT molecular complexity index is 1150. The molecule has 2 amide bonds. The van der Waals surface area contributed by atoms with E-state index in [0.29, 0.717) is 21.9 Å². The van der Waals surface area contributed by atoms with Crippen molar-refractivity contribution in [1.82, 2.24) is 4.98 Å². The first-order valence-corrected chi connectivity index (χ1v) is 10.7. The van der Waals surface area contributed by atoms with E-state index in [-0.39, 0.29) is 16.0 Å². The number of nitrogens with zero attached hydrogens (tertiary/aromatic N) is 2. The number of primary amides is 1. The number of amides is 2. The lowest BCUT2D eigenvalue weighted by molar-refractivity contribution is 0.0961. The van der Waals surface area contributed by atoms with Crippen LogP contribution in [0.25, 0.3) is 10.2 Å². The summed E-state index contributed by atoms with van der Waals surface area (Å²) in [5.41, 5.74) is 6.30. The normalized spacial score (nSPS) is 11.5. The minimum Gasteiger partial charge on any atom is -0.366 e. The molecule has 0 aliphatic rings. The van der Waals surface area contributed by atoms with Gasteiger partial charge in [0.15, 0.2) is 15.0 Å². The molecule has 3 rings (SSSR count). The Kier molecular flexibility index (Phi) is 4.99. The molecular formula is C18H17N3O4S2. The molecule has 0 atom stereocenters. The molecule has 2 aromatic carbocycles. The summed E-state index contributed by atoms with van der Waals surface area (Å²) in [6.07, 6.45) is 1.14. The van der Waals surface area contributed by atoms with Gasteiger partial charge in [-0.15, -0.1) is 0 Å². The molecule has 0 fully saturated rings. The summed E-state index contributed by atoms with van der Waals surface area (Å²) in [6.45, 7) is 2.11. The third-order valence-electron chi connectivity index (χ3n) is 3.99. The summed E-state index contributed by atoms with van der Waals surface area (Å²) in [5, 5.41) is 0.419. The van der Waals surface area contributed by atoms with E-state index in [1.807, 2.05) is 0 Å². The number of nitrogens with two attached hydrogens (primary N) is 1. The van der Waals surface area contributed by atoms with E-state index in [9.17, 15) is 18.0 Å². The summed E-state index contributed by atoms with van der Waals surface area (Å²) in [5.74, 6) is -1.08. The fraction of sp³-hybridized carbons (Fsp3) is 0.167. The van der Waals surface area contributed by atoms with Crippen LogP contribution in [0.1, 0.15) is 27.6 Å². The number of carbonyl (C=O) groups excluding carboxylic acids is 2. The first kappa shape index (κ1) is 19.0. The second kappa shape index (κ2) is 7.09. The quantitative estimate of drug-likeness (QED) is 0.703. The lowest BCUT2D eigenvalue weighted by atomic mass is 10.1. The van der Waals surface area contributed by atoms with E-state index in [2.05, 4.69) is 4.98 Å². The number of anilines is 1. The highest BCUT2D eigenvalue weighted by molar-refractivity contribution is 7.90. The standard InChI is InChI=1S/C18H17N3O4S2/c1-3-21(17(23)13-7-5-4-6-12(13)16(19)22)18-20-14-9-8-11(27(2,24)25)10-15(14)26-18/h4-10H,3H2,1-2H3,(H2,19,22). The molecular weight excluding hydrogens is 386 g/mol. The molecule has 1 heterocycles. The molecule has 3 aromatic rings. The van der Waals surface area contributed by atoms with Gasteiger partial charge in [0, 0.05) is 12.8 Å². The fourth-order valence-corrected chi connectivity index (χ4v) is 4.42. The molecule has 140 valence electrons. The zero-order chi connectivity index (χ0) is 19.8. The number of benzene rings is 2. The molecule has 0 aliphatic carbocycles. The third-order valence-corrected chi connectivity index (χ3v) is 6.14. The second-order valence-electron chi connectivity index (χ2n) is 5.86. The third kappa shape index (κ3) is 3.69. The second-order valence-corrected chi connectivity index (χ2v) is 8.88. The highest BCUT2D eigenvalue weighted by Crippen LogP contribution is 2.31. The van der Waals surface area contributed by atoms with E-state index in [4.69, 9.17) is 5.73 Å². The molecule has 0 aliphatic heterocycles. The van der Waals surface area contributed by atoms with Crippen LogP contribution < -0.4 is 10.6 Å². The Balaban J connectivity index is 2.06. The summed E-state index contributed by atoms with van der Waals surface area (Å²) < 4.78 is 24.1. The topological polar surface area (TPSA) is 110 Å². The minimum atomic E-state index is -3.34. The van der Waals surface area contributed by atoms with Crippen molar-refractivity contribution in [1.29, 1.82) is 0 Å². The van der Waals surface area contributed by atoms with Crippen molar-refractivity contribution < 1.29 is 18.0 Å². The monoisotopic (exact) mass is 403 g/mol. The fourth-order valence-electron chi connectivity index (χ4n) is 2.63. The highest BCUT2D eigenvalue weighted by atomic mass is 32.2. The highest BCUT2D eigenvalue weighted by Gasteiger charge is 2.23. The van der Waals surface area contributed by atoms with E-state index >= 15 is 0 Å². The van der Waals surface area contributed by atoms with Gasteiger partial charge in [0.25, 0.3) is 5.91 Å². The van der Waals surface area contributed by atoms with Crippen LogP contribution in [0, 0.1) is 0 Å². The average Bonchev–Trinajstić information content (AvgIpc) is 3.04. The summed E-state index contributed by atoms with van der Waals surface area (Å²) in [7, 11) is -3.34. The van der Waals surface area contributed by atoms with E-state index in [0.717, 1.165) is 6.26 Å². The van der Waals surface area contributed by atoms with E-state index in [1.54, 1.807) is 37.3 Å². The lowest BCUT2D eigenvalue weighted by Gasteiger charge is -2.18. The molecule has 0 radical (unpaired) electrons.